The van der Waals surface area contributed by atoms with E-state index in [-0.39, 0.29) is 0 Å². The number of aromatic nitrogens is 3. The molecule has 1 aliphatic rings. The van der Waals surface area contributed by atoms with Gasteiger partial charge in [0.1, 0.15) is 11.6 Å². The minimum absolute atomic E-state index is 0.762. The number of nitrogens with zero attached hydrogens (tertiary/aromatic N) is 3. The Morgan fingerprint density at radius 1 is 1.46 bits per heavy atom. The van der Waals surface area contributed by atoms with Crippen LogP contribution >= 0.6 is 0 Å². The van der Waals surface area contributed by atoms with Crippen molar-refractivity contribution >= 4 is 0 Å². The number of hydrogen-bond donors (Lipinski definition) is 1. The Hall–Kier alpha value is -0.940. The monoisotopic (exact) mass is 182 g/mol. The zero-order chi connectivity index (χ0) is 9.10. The maximum absolute atomic E-state index is 5.36. The van der Waals surface area contributed by atoms with Crippen LogP contribution in [-0.4, -0.2) is 35.0 Å². The summed E-state index contributed by atoms with van der Waals surface area (Å²) in [5, 5.41) is 11.3. The first-order chi connectivity index (χ1) is 6.42. The first-order valence-electron chi connectivity index (χ1n) is 4.55. The number of ether oxygens (including phenoxy) is 1. The fraction of sp³-hybridized carbons (Fsp3) is 0.750. The molecule has 0 unspecified atom stereocenters. The van der Waals surface area contributed by atoms with Crippen LogP contribution in [0.1, 0.15) is 11.6 Å². The second kappa shape index (κ2) is 3.85. The number of rotatable bonds is 2. The molecule has 0 amide bonds. The molecule has 1 N–H and O–H groups in total. The van der Waals surface area contributed by atoms with Gasteiger partial charge in [0.2, 0.25) is 0 Å². The van der Waals surface area contributed by atoms with E-state index >= 15 is 0 Å². The Kier molecular flexibility index (Phi) is 2.56. The summed E-state index contributed by atoms with van der Waals surface area (Å²) in [6.45, 7) is 3.17. The van der Waals surface area contributed by atoms with Gasteiger partial charge in [-0.05, 0) is 7.05 Å². The smallest absolute Gasteiger partial charge is 0.147 e. The Balaban J connectivity index is 2.23. The molecular formula is C8H14N4O. The molecule has 0 saturated carbocycles. The molecule has 0 spiro atoms. The largest absolute Gasteiger partial charge is 0.379 e. The predicted octanol–water partition coefficient (Wildman–Crippen LogP) is -0.430. The minimum Gasteiger partial charge on any atom is -0.379 e. The Morgan fingerprint density at radius 3 is 3.23 bits per heavy atom. The van der Waals surface area contributed by atoms with Crippen molar-refractivity contribution in [3.63, 3.8) is 0 Å². The van der Waals surface area contributed by atoms with Crippen molar-refractivity contribution in [2.75, 3.05) is 20.3 Å². The standard InChI is InChI=1S/C8H14N4O/c1-9-6-8-11-10-7-2-4-13-5-3-12(7)8/h9H,2-6H2,1H3. The van der Waals surface area contributed by atoms with E-state index in [1.165, 1.54) is 0 Å². The summed E-state index contributed by atoms with van der Waals surface area (Å²) in [7, 11) is 1.91. The molecule has 0 aromatic carbocycles. The van der Waals surface area contributed by atoms with Gasteiger partial charge < -0.3 is 14.6 Å². The van der Waals surface area contributed by atoms with Gasteiger partial charge in [0, 0.05) is 13.0 Å². The van der Waals surface area contributed by atoms with Crippen molar-refractivity contribution < 1.29 is 4.74 Å². The lowest BCUT2D eigenvalue weighted by Gasteiger charge is -2.04. The quantitative estimate of drug-likeness (QED) is 0.674. The van der Waals surface area contributed by atoms with E-state index in [1.54, 1.807) is 0 Å². The van der Waals surface area contributed by atoms with Gasteiger partial charge in [0.15, 0.2) is 0 Å². The van der Waals surface area contributed by atoms with Crippen LogP contribution in [0.25, 0.3) is 0 Å². The highest BCUT2D eigenvalue weighted by atomic mass is 16.5. The summed E-state index contributed by atoms with van der Waals surface area (Å²) in [5.41, 5.74) is 0. The zero-order valence-corrected chi connectivity index (χ0v) is 7.79. The van der Waals surface area contributed by atoms with E-state index in [1.807, 2.05) is 7.05 Å². The Labute approximate surface area is 77.1 Å². The van der Waals surface area contributed by atoms with E-state index in [0.717, 1.165) is 44.4 Å². The summed E-state index contributed by atoms with van der Waals surface area (Å²) < 4.78 is 7.50. The molecule has 13 heavy (non-hydrogen) atoms. The average molecular weight is 182 g/mol. The molecule has 5 nitrogen and oxygen atoms in total. The fourth-order valence-corrected chi connectivity index (χ4v) is 1.53. The lowest BCUT2D eigenvalue weighted by Crippen LogP contribution is -2.14. The molecule has 0 atom stereocenters. The van der Waals surface area contributed by atoms with Crippen LogP contribution in [0.3, 0.4) is 0 Å². The third-order valence-electron chi connectivity index (χ3n) is 2.17. The summed E-state index contributed by atoms with van der Waals surface area (Å²) in [4.78, 5) is 0. The highest BCUT2D eigenvalue weighted by Gasteiger charge is 2.13. The molecule has 0 radical (unpaired) electrons. The third-order valence-corrected chi connectivity index (χ3v) is 2.17. The molecule has 1 aromatic heterocycles. The van der Waals surface area contributed by atoms with E-state index in [0.29, 0.717) is 0 Å². The van der Waals surface area contributed by atoms with Gasteiger partial charge in [0.25, 0.3) is 0 Å². The molecule has 0 saturated heterocycles. The van der Waals surface area contributed by atoms with Crippen molar-refractivity contribution in [3.8, 4) is 0 Å². The van der Waals surface area contributed by atoms with Gasteiger partial charge in [-0.15, -0.1) is 10.2 Å². The van der Waals surface area contributed by atoms with Crippen LogP contribution in [0.2, 0.25) is 0 Å². The van der Waals surface area contributed by atoms with Crippen molar-refractivity contribution in [2.45, 2.75) is 19.5 Å². The highest BCUT2D eigenvalue weighted by molar-refractivity contribution is 4.97. The number of hydrogen-bond acceptors (Lipinski definition) is 4. The van der Waals surface area contributed by atoms with E-state index in [9.17, 15) is 0 Å². The summed E-state index contributed by atoms with van der Waals surface area (Å²) in [5.74, 6) is 2.05. The summed E-state index contributed by atoms with van der Waals surface area (Å²) >= 11 is 0. The van der Waals surface area contributed by atoms with Gasteiger partial charge in [-0.1, -0.05) is 0 Å². The first kappa shape index (κ1) is 8.65. The first-order valence-corrected chi connectivity index (χ1v) is 4.55. The fourth-order valence-electron chi connectivity index (χ4n) is 1.53. The van der Waals surface area contributed by atoms with Gasteiger partial charge in [-0.25, -0.2) is 0 Å². The summed E-state index contributed by atoms with van der Waals surface area (Å²) in [6, 6.07) is 0. The van der Waals surface area contributed by atoms with E-state index < -0.39 is 0 Å². The van der Waals surface area contributed by atoms with Crippen LogP contribution in [0.15, 0.2) is 0 Å². The van der Waals surface area contributed by atoms with Crippen LogP contribution in [0.5, 0.6) is 0 Å². The van der Waals surface area contributed by atoms with Gasteiger partial charge in [-0.2, -0.15) is 0 Å². The Bertz CT molecular complexity index is 284. The second-order valence-electron chi connectivity index (χ2n) is 3.08. The molecular weight excluding hydrogens is 168 g/mol. The SMILES string of the molecule is CNCc1nnc2n1CCOCC2. The normalized spacial score (nSPS) is 16.7. The average Bonchev–Trinajstić information content (AvgIpc) is 2.38. The minimum atomic E-state index is 0.762. The van der Waals surface area contributed by atoms with Gasteiger partial charge >= 0.3 is 0 Å². The van der Waals surface area contributed by atoms with Gasteiger partial charge in [0.05, 0.1) is 19.8 Å². The Morgan fingerprint density at radius 2 is 2.38 bits per heavy atom. The van der Waals surface area contributed by atoms with Crippen molar-refractivity contribution in [1.82, 2.24) is 20.1 Å². The molecule has 2 heterocycles. The lowest BCUT2D eigenvalue weighted by atomic mass is 10.4. The molecule has 0 aliphatic carbocycles. The number of nitrogens with one attached hydrogen (secondary N) is 1. The molecule has 72 valence electrons. The maximum Gasteiger partial charge on any atom is 0.147 e. The van der Waals surface area contributed by atoms with Crippen LogP contribution in [0, 0.1) is 0 Å². The van der Waals surface area contributed by atoms with Crippen LogP contribution in [-0.2, 0) is 24.2 Å². The topological polar surface area (TPSA) is 52.0 Å². The molecule has 1 aliphatic heterocycles. The maximum atomic E-state index is 5.36. The second-order valence-corrected chi connectivity index (χ2v) is 3.08. The molecule has 5 heteroatoms. The van der Waals surface area contributed by atoms with E-state index in [4.69, 9.17) is 4.74 Å². The van der Waals surface area contributed by atoms with Crippen molar-refractivity contribution in [1.29, 1.82) is 0 Å². The number of fused-ring (bicyclic) bond motifs is 1. The van der Waals surface area contributed by atoms with Crippen LogP contribution in [0.4, 0.5) is 0 Å². The molecule has 0 bridgehead atoms. The third kappa shape index (κ3) is 1.71. The van der Waals surface area contributed by atoms with Crippen LogP contribution < -0.4 is 5.32 Å². The lowest BCUT2D eigenvalue weighted by molar-refractivity contribution is 0.139. The zero-order valence-electron chi connectivity index (χ0n) is 7.79. The van der Waals surface area contributed by atoms with Crippen molar-refractivity contribution in [2.24, 2.45) is 0 Å². The molecule has 2 rings (SSSR count). The van der Waals surface area contributed by atoms with Crippen molar-refractivity contribution in [3.05, 3.63) is 11.6 Å². The van der Waals surface area contributed by atoms with E-state index in [2.05, 4.69) is 20.1 Å². The summed E-state index contributed by atoms with van der Waals surface area (Å²) in [6.07, 6.45) is 0.872. The highest BCUT2D eigenvalue weighted by Crippen LogP contribution is 2.06. The molecule has 1 aromatic rings. The van der Waals surface area contributed by atoms with Gasteiger partial charge in [-0.3, -0.25) is 0 Å². The predicted molar refractivity (Wildman–Crippen MR) is 47.3 cm³/mol. The molecule has 0 fully saturated rings.